The average molecular weight is 1520 g/mol. The van der Waals surface area contributed by atoms with Crippen molar-refractivity contribution in [2.45, 2.75) is 110 Å². The number of hydrogen-bond acceptors (Lipinski definition) is 16. The van der Waals surface area contributed by atoms with Gasteiger partial charge in [0.25, 0.3) is 16.7 Å². The minimum absolute atomic E-state index is 0. The van der Waals surface area contributed by atoms with E-state index in [1.165, 1.54) is 32.1 Å². The minimum Gasteiger partial charge on any atom is -0.506 e. The molecule has 12 rings (SSSR count). The van der Waals surface area contributed by atoms with E-state index in [9.17, 15) is 82.2 Å². The highest BCUT2D eigenvalue weighted by molar-refractivity contribution is 5.96. The van der Waals surface area contributed by atoms with Gasteiger partial charge in [-0.3, -0.25) is 38.7 Å². The lowest BCUT2D eigenvalue weighted by atomic mass is 9.99. The number of hydrogen-bond donors (Lipinski definition) is 10. The molecule has 6 aromatic heterocycles. The second-order valence-electron chi connectivity index (χ2n) is 26.2. The summed E-state index contributed by atoms with van der Waals surface area (Å²) in [5.74, 6) is -8.58. The Morgan fingerprint density at radius 2 is 0.877 bits per heavy atom. The highest BCUT2D eigenvalue weighted by atomic mass is 35.5. The molecule has 0 bridgehead atoms. The Kier molecular flexibility index (Phi) is 27.1. The Morgan fingerprint density at radius 1 is 0.519 bits per heavy atom. The third-order valence-corrected chi connectivity index (χ3v) is 19.6. The van der Waals surface area contributed by atoms with Gasteiger partial charge in [-0.25, -0.2) is 19.2 Å². The lowest BCUT2D eigenvalue weighted by molar-refractivity contribution is -0.192. The smallest absolute Gasteiger partial charge is 0.490 e. The zero-order chi connectivity index (χ0) is 76.1. The van der Waals surface area contributed by atoms with Crippen LogP contribution in [0.2, 0.25) is 0 Å². The van der Waals surface area contributed by atoms with E-state index in [0.29, 0.717) is 70.7 Å². The average Bonchev–Trinajstić information content (AvgIpc) is 1.29. The first-order valence-corrected chi connectivity index (χ1v) is 33.9. The number of aromatic hydroxyl groups is 3. The van der Waals surface area contributed by atoms with Gasteiger partial charge in [-0.15, -0.1) is 24.8 Å². The normalized spacial score (nSPS) is 15.3. The van der Waals surface area contributed by atoms with Crippen LogP contribution in [0.25, 0.3) is 66.5 Å². The predicted octanol–water partition coefficient (Wildman–Crippen LogP) is 10.0. The summed E-state index contributed by atoms with van der Waals surface area (Å²) in [6, 6.07) is 23.4. The number of pyridine rings is 3. The fraction of sp³-hybridized carbons (Fsp3) is 0.392. The molecular weight excluding hydrogens is 1430 g/mol. The summed E-state index contributed by atoms with van der Waals surface area (Å²) in [7, 11) is 11.0. The number of likely N-dealkylation sites (tertiary alicyclic amines) is 3. The molecule has 570 valence electrons. The number of aryl methyl sites for hydroxylation is 3. The number of alkyl halides is 3. The first-order chi connectivity index (χ1) is 49.2. The summed E-state index contributed by atoms with van der Waals surface area (Å²) in [6.07, 6.45) is 2.40. The number of aromatic nitrogens is 6. The zero-order valence-corrected chi connectivity index (χ0v) is 61.5. The van der Waals surface area contributed by atoms with Crippen molar-refractivity contribution in [2.75, 3.05) is 53.9 Å². The maximum Gasteiger partial charge on any atom is 0.490 e. The van der Waals surface area contributed by atoms with Gasteiger partial charge < -0.3 is 74.0 Å². The summed E-state index contributed by atoms with van der Waals surface area (Å²) in [4.78, 5) is 121. The van der Waals surface area contributed by atoms with Gasteiger partial charge in [0, 0.05) is 128 Å². The summed E-state index contributed by atoms with van der Waals surface area (Å²) >= 11 is 0. The molecule has 32 heteroatoms. The lowest BCUT2D eigenvalue weighted by Gasteiger charge is -2.26. The number of carboxylic acid groups (broad SMARTS) is 4. The number of nitrogens with one attached hydrogen (secondary N) is 3. The van der Waals surface area contributed by atoms with E-state index in [4.69, 9.17) is 14.6 Å². The maximum atomic E-state index is 12.3. The van der Waals surface area contributed by atoms with Crippen LogP contribution in [0.5, 0.6) is 17.2 Å². The van der Waals surface area contributed by atoms with E-state index < -0.39 is 80.7 Å². The van der Waals surface area contributed by atoms with Crippen molar-refractivity contribution in [3.63, 3.8) is 0 Å². The van der Waals surface area contributed by atoms with Gasteiger partial charge in [-0.1, -0.05) is 45.4 Å². The first-order valence-electron chi connectivity index (χ1n) is 33.9. The van der Waals surface area contributed by atoms with Crippen LogP contribution in [0.3, 0.4) is 0 Å². The van der Waals surface area contributed by atoms with Crippen LogP contribution in [0.4, 0.5) is 13.2 Å². The van der Waals surface area contributed by atoms with Crippen molar-refractivity contribution in [3.8, 4) is 51.0 Å². The summed E-state index contributed by atoms with van der Waals surface area (Å²) in [5, 5.41) is 69.2. The number of carbonyl (C=O) groups is 6. The molecule has 1 unspecified atom stereocenters. The van der Waals surface area contributed by atoms with Gasteiger partial charge in [-0.05, 0) is 149 Å². The fourth-order valence-corrected chi connectivity index (χ4v) is 14.1. The number of ether oxygens (including phenoxy) is 1. The van der Waals surface area contributed by atoms with E-state index in [2.05, 4.69) is 62.5 Å². The van der Waals surface area contributed by atoms with Gasteiger partial charge >= 0.3 is 36.0 Å². The highest BCUT2D eigenvalue weighted by Crippen LogP contribution is 2.37. The molecule has 9 heterocycles. The molecule has 3 aliphatic heterocycles. The largest absolute Gasteiger partial charge is 0.506 e. The van der Waals surface area contributed by atoms with Crippen molar-refractivity contribution >= 4 is 93.3 Å². The lowest BCUT2D eigenvalue weighted by Crippen LogP contribution is -2.36. The van der Waals surface area contributed by atoms with Gasteiger partial charge in [0.15, 0.2) is 16.7 Å². The third kappa shape index (κ3) is 17.6. The summed E-state index contributed by atoms with van der Waals surface area (Å²) in [5.41, 5.74) is 6.71. The van der Waals surface area contributed by atoms with Crippen molar-refractivity contribution in [1.29, 1.82) is 0 Å². The molecule has 9 aromatic rings. The van der Waals surface area contributed by atoms with Crippen LogP contribution in [-0.4, -0.2) is 186 Å². The number of aromatic carboxylic acids is 3. The summed E-state index contributed by atoms with van der Waals surface area (Å²) in [6.45, 7) is 12.3. The number of fused-ring (bicyclic) bond motifs is 3. The standard InChI is InChI=1S/C25H30N4O5.C24H27N3O6.C23H27N3O4.C2HF3O2.2ClH/c1-5-18-21(26-23(31)20(22(18)30)25(33)34)14-6-7-19-16(10-14)11-17(28(19)4)13-29-9-8-15(12-29)24(32)27(2)3;1-4-16-20(25-22(29)19(21(16)28)23(30)31)13-7-8-17-14(10-13)11-15(26(17)2)12-27-9-5-6-18(27)24(32)33-3;1-3-17-20(24-22(28)19(21(17)27)23(29)30)14-7-8-18-15(11-14)12-16(25(18)2)13-26-9-5-4-6-10-26;3-2(4,5)1(6)7;;/h6-7,10-11,15H,5,8-9,12-13H2,1-4H3,(H,33,34)(H2,26,30,31);7-8,10-11,18H,4-6,9,12H2,1-3H3,(H,30,31)(H2,25,28,29);7-8,11-12H,3-6,9-10,13H2,1-2H3,(H,29,30)(H2,24,27,28);(H,6,7);2*1H/t;18-;;;;/m.0..../s1. The summed E-state index contributed by atoms with van der Waals surface area (Å²) < 4.78 is 43.1. The molecule has 3 saturated heterocycles. The Balaban J connectivity index is 0.000000210. The van der Waals surface area contributed by atoms with Crippen LogP contribution < -0.4 is 16.7 Å². The number of H-pyrrole nitrogens is 3. The first kappa shape index (κ1) is 82.9. The Hall–Kier alpha value is -10.4. The van der Waals surface area contributed by atoms with Crippen molar-refractivity contribution in [1.82, 2.24) is 48.3 Å². The van der Waals surface area contributed by atoms with E-state index in [-0.39, 0.29) is 48.7 Å². The number of esters is 1. The van der Waals surface area contributed by atoms with Crippen molar-refractivity contribution < 1.29 is 82.4 Å². The number of halogens is 5. The topological polar surface area (TPSA) is 380 Å². The quantitative estimate of drug-likeness (QED) is 0.0379. The molecule has 2 atom stereocenters. The van der Waals surface area contributed by atoms with Crippen LogP contribution in [0, 0.1) is 5.92 Å². The van der Waals surface area contributed by atoms with Crippen LogP contribution in [0.15, 0.2) is 87.2 Å². The number of aromatic amines is 3. The Morgan fingerprint density at radius 3 is 1.21 bits per heavy atom. The second kappa shape index (κ2) is 34.7. The molecule has 0 aliphatic carbocycles. The van der Waals surface area contributed by atoms with E-state index in [0.717, 1.165) is 115 Å². The van der Waals surface area contributed by atoms with E-state index >= 15 is 0 Å². The molecule has 27 nitrogen and oxygen atoms in total. The molecule has 0 spiro atoms. The number of amides is 1. The van der Waals surface area contributed by atoms with Gasteiger partial charge in [0.05, 0.1) is 30.1 Å². The van der Waals surface area contributed by atoms with E-state index in [1.54, 1.807) is 32.8 Å². The van der Waals surface area contributed by atoms with Crippen LogP contribution >= 0.6 is 24.8 Å². The monoisotopic (exact) mass is 1510 g/mol. The fourth-order valence-electron chi connectivity index (χ4n) is 14.1. The van der Waals surface area contributed by atoms with Crippen LogP contribution in [0.1, 0.15) is 124 Å². The molecule has 3 aromatic carbocycles. The number of carboxylic acids is 4. The number of piperidine rings is 1. The minimum atomic E-state index is -5.08. The molecule has 3 aliphatic rings. The molecule has 0 radical (unpaired) electrons. The molecule has 3 fully saturated rings. The number of methoxy groups -OCH3 is 1. The molecular formula is C74H87Cl2F3N10O17. The third-order valence-electron chi connectivity index (χ3n) is 19.6. The molecule has 0 saturated carbocycles. The van der Waals surface area contributed by atoms with Crippen molar-refractivity contribution in [2.24, 2.45) is 27.1 Å². The predicted molar refractivity (Wildman–Crippen MR) is 396 cm³/mol. The van der Waals surface area contributed by atoms with Gasteiger partial charge in [-0.2, -0.15) is 13.2 Å². The molecule has 106 heavy (non-hydrogen) atoms. The van der Waals surface area contributed by atoms with Crippen LogP contribution in [-0.2, 0) is 79.2 Å². The number of benzene rings is 3. The number of carbonyl (C=O) groups excluding carboxylic acids is 2. The zero-order valence-electron chi connectivity index (χ0n) is 59.9. The van der Waals surface area contributed by atoms with Crippen molar-refractivity contribution in [3.05, 3.63) is 154 Å². The number of rotatable bonds is 17. The number of aliphatic carboxylic acids is 1. The molecule has 10 N–H and O–H groups in total. The van der Waals surface area contributed by atoms with Gasteiger partial charge in [0.2, 0.25) is 5.91 Å². The molecule has 1 amide bonds. The number of nitrogens with zero attached hydrogens (tertiary/aromatic N) is 7. The maximum absolute atomic E-state index is 12.3. The second-order valence-corrected chi connectivity index (χ2v) is 26.2. The Bertz CT molecular complexity index is 5010. The highest BCUT2D eigenvalue weighted by Gasteiger charge is 2.38. The Labute approximate surface area is 617 Å². The van der Waals surface area contributed by atoms with E-state index in [1.807, 2.05) is 81.7 Å². The van der Waals surface area contributed by atoms with Gasteiger partial charge in [0.1, 0.15) is 23.3 Å². The SMILES string of the molecule is CCc1c(-c2ccc3c(c2)cc(CN2CCC(C(=O)N(C)C)C2)n3C)[nH]c(=O)c(C(=O)O)c1O.CCc1c(-c2ccc3c(c2)cc(CN2CCCCC2)n3C)[nH]c(=O)c(C(=O)O)c1O.CCc1c(-c2ccc3c(c2)cc(CN2CCC[C@H]2C(=O)OC)n3C)[nH]c(=O)c(C(=O)O)c1O.Cl.Cl.O=C(O)C(F)(F)F.